The molecule has 0 aliphatic carbocycles. The zero-order chi connectivity index (χ0) is 17.2. The summed E-state index contributed by atoms with van der Waals surface area (Å²) in [5.41, 5.74) is 1.66. The quantitative estimate of drug-likeness (QED) is 0.927. The molecule has 1 aliphatic rings. The normalized spacial score (nSPS) is 18.5. The Morgan fingerprint density at radius 3 is 2.42 bits per heavy atom. The molecule has 5 nitrogen and oxygen atoms in total. The van der Waals surface area contributed by atoms with Gasteiger partial charge in [-0.3, -0.25) is 4.79 Å². The molecule has 2 aromatic carbocycles. The van der Waals surface area contributed by atoms with Crippen LogP contribution in [0.1, 0.15) is 18.4 Å². The number of rotatable bonds is 4. The summed E-state index contributed by atoms with van der Waals surface area (Å²) in [4.78, 5) is 12.8. The molecule has 3 rings (SSSR count). The van der Waals surface area contributed by atoms with Crippen LogP contribution in [0.3, 0.4) is 0 Å². The van der Waals surface area contributed by atoms with Crippen LogP contribution in [-0.2, 0) is 14.8 Å². The van der Waals surface area contributed by atoms with Gasteiger partial charge in [-0.05, 0) is 44.0 Å². The molecule has 1 atom stereocenters. The van der Waals surface area contributed by atoms with Gasteiger partial charge in [0, 0.05) is 12.2 Å². The molecule has 24 heavy (non-hydrogen) atoms. The second-order valence-corrected chi connectivity index (χ2v) is 7.83. The Morgan fingerprint density at radius 1 is 1.08 bits per heavy atom. The average Bonchev–Trinajstić information content (AvgIpc) is 3.07. The van der Waals surface area contributed by atoms with Gasteiger partial charge in [-0.1, -0.05) is 35.9 Å². The lowest BCUT2D eigenvalue weighted by Crippen LogP contribution is -2.43. The molecule has 0 saturated carbocycles. The van der Waals surface area contributed by atoms with E-state index in [4.69, 9.17) is 0 Å². The fourth-order valence-electron chi connectivity index (χ4n) is 2.88. The van der Waals surface area contributed by atoms with Gasteiger partial charge in [-0.15, -0.1) is 0 Å². The van der Waals surface area contributed by atoms with Gasteiger partial charge in [-0.25, -0.2) is 8.42 Å². The van der Waals surface area contributed by atoms with Gasteiger partial charge in [0.05, 0.1) is 4.90 Å². The van der Waals surface area contributed by atoms with Crippen molar-refractivity contribution < 1.29 is 13.2 Å². The number of hydrogen-bond donors (Lipinski definition) is 1. The first-order valence-corrected chi connectivity index (χ1v) is 9.37. The summed E-state index contributed by atoms with van der Waals surface area (Å²) >= 11 is 0. The number of anilines is 1. The van der Waals surface area contributed by atoms with Gasteiger partial charge in [-0.2, -0.15) is 4.31 Å². The first-order valence-electron chi connectivity index (χ1n) is 7.93. The molecule has 0 bridgehead atoms. The maximum atomic E-state index is 12.9. The number of hydrogen-bond acceptors (Lipinski definition) is 3. The summed E-state index contributed by atoms with van der Waals surface area (Å²) in [6.45, 7) is 2.27. The maximum Gasteiger partial charge on any atom is 0.243 e. The smallest absolute Gasteiger partial charge is 0.243 e. The highest BCUT2D eigenvalue weighted by molar-refractivity contribution is 7.89. The lowest BCUT2D eigenvalue weighted by atomic mass is 10.2. The molecule has 1 N–H and O–H groups in total. The third kappa shape index (κ3) is 3.34. The minimum Gasteiger partial charge on any atom is -0.325 e. The van der Waals surface area contributed by atoms with Gasteiger partial charge in [0.15, 0.2) is 0 Å². The lowest BCUT2D eigenvalue weighted by Gasteiger charge is -2.23. The zero-order valence-corrected chi connectivity index (χ0v) is 14.3. The van der Waals surface area contributed by atoms with Crippen LogP contribution in [0.5, 0.6) is 0 Å². The molecule has 0 radical (unpaired) electrons. The molecule has 1 unspecified atom stereocenters. The van der Waals surface area contributed by atoms with Gasteiger partial charge in [0.25, 0.3) is 0 Å². The summed E-state index contributed by atoms with van der Waals surface area (Å²) in [5.74, 6) is -0.283. The van der Waals surface area contributed by atoms with Crippen molar-refractivity contribution >= 4 is 21.6 Å². The van der Waals surface area contributed by atoms with Gasteiger partial charge < -0.3 is 5.32 Å². The van der Waals surface area contributed by atoms with E-state index in [-0.39, 0.29) is 10.8 Å². The summed E-state index contributed by atoms with van der Waals surface area (Å²) in [7, 11) is -3.67. The van der Waals surface area contributed by atoms with Crippen molar-refractivity contribution in [3.8, 4) is 0 Å². The number of nitrogens with zero attached hydrogens (tertiary/aromatic N) is 1. The van der Waals surface area contributed by atoms with Crippen LogP contribution in [0, 0.1) is 6.92 Å². The van der Waals surface area contributed by atoms with Gasteiger partial charge in [0.2, 0.25) is 15.9 Å². The molecular formula is C18H20N2O3S. The summed E-state index contributed by atoms with van der Waals surface area (Å²) in [6.07, 6.45) is 1.21. The Balaban J connectivity index is 1.82. The molecule has 126 valence electrons. The van der Waals surface area contributed by atoms with Crippen molar-refractivity contribution in [3.05, 3.63) is 60.2 Å². The second kappa shape index (κ2) is 6.75. The molecule has 1 amide bonds. The highest BCUT2D eigenvalue weighted by atomic mass is 32.2. The third-order valence-corrected chi connectivity index (χ3v) is 6.10. The number of aryl methyl sites for hydroxylation is 1. The third-order valence-electron chi connectivity index (χ3n) is 4.18. The van der Waals surface area contributed by atoms with E-state index in [2.05, 4.69) is 5.32 Å². The first kappa shape index (κ1) is 16.7. The highest BCUT2D eigenvalue weighted by Crippen LogP contribution is 2.27. The number of carbonyl (C=O) groups is 1. The van der Waals surface area contributed by atoms with E-state index in [9.17, 15) is 13.2 Å². The molecule has 0 aromatic heterocycles. The van der Waals surface area contributed by atoms with Crippen molar-refractivity contribution in [1.29, 1.82) is 0 Å². The lowest BCUT2D eigenvalue weighted by molar-refractivity contribution is -0.119. The Hall–Kier alpha value is -2.18. The zero-order valence-electron chi connectivity index (χ0n) is 13.5. The maximum absolute atomic E-state index is 12.9. The first-order chi connectivity index (χ1) is 11.5. The second-order valence-electron chi connectivity index (χ2n) is 5.94. The van der Waals surface area contributed by atoms with Crippen molar-refractivity contribution in [2.45, 2.75) is 30.7 Å². The van der Waals surface area contributed by atoms with Gasteiger partial charge in [0.1, 0.15) is 6.04 Å². The predicted octanol–water partition coefficient (Wildman–Crippen LogP) is 2.79. The minimum atomic E-state index is -3.67. The number of nitrogens with one attached hydrogen (secondary N) is 1. The molecule has 2 aromatic rings. The van der Waals surface area contributed by atoms with Crippen LogP contribution in [-0.4, -0.2) is 31.2 Å². The number of para-hydroxylation sites is 1. The van der Waals surface area contributed by atoms with Crippen LogP contribution < -0.4 is 5.32 Å². The minimum absolute atomic E-state index is 0.229. The molecular weight excluding hydrogens is 324 g/mol. The SMILES string of the molecule is Cc1ccc(S(=O)(=O)N2CCCC2C(=O)Nc2ccccc2)cc1. The van der Waals surface area contributed by atoms with E-state index in [0.29, 0.717) is 25.1 Å². The molecule has 1 fully saturated rings. The molecule has 1 heterocycles. The molecule has 1 saturated heterocycles. The summed E-state index contributed by atoms with van der Waals surface area (Å²) < 4.78 is 27.0. The van der Waals surface area contributed by atoms with Gasteiger partial charge >= 0.3 is 0 Å². The van der Waals surface area contributed by atoms with Crippen molar-refractivity contribution in [3.63, 3.8) is 0 Å². The van der Waals surface area contributed by atoms with Crippen molar-refractivity contribution in [2.75, 3.05) is 11.9 Å². The number of benzene rings is 2. The van der Waals surface area contributed by atoms with Crippen molar-refractivity contribution in [2.24, 2.45) is 0 Å². The highest BCUT2D eigenvalue weighted by Gasteiger charge is 2.39. The molecule has 6 heteroatoms. The Bertz CT molecular complexity index is 817. The monoisotopic (exact) mass is 344 g/mol. The predicted molar refractivity (Wildman–Crippen MR) is 93.2 cm³/mol. The van der Waals surface area contributed by atoms with E-state index in [1.807, 2.05) is 25.1 Å². The van der Waals surface area contributed by atoms with Crippen LogP contribution in [0.2, 0.25) is 0 Å². The Morgan fingerprint density at radius 2 is 1.75 bits per heavy atom. The fraction of sp³-hybridized carbons (Fsp3) is 0.278. The van der Waals surface area contributed by atoms with E-state index < -0.39 is 16.1 Å². The van der Waals surface area contributed by atoms with Crippen LogP contribution in [0.4, 0.5) is 5.69 Å². The molecule has 0 spiro atoms. The van der Waals surface area contributed by atoms with Crippen molar-refractivity contribution in [1.82, 2.24) is 4.31 Å². The van der Waals surface area contributed by atoms with E-state index in [0.717, 1.165) is 5.56 Å². The Kier molecular flexibility index (Phi) is 4.69. The van der Waals surface area contributed by atoms with Crippen LogP contribution in [0.15, 0.2) is 59.5 Å². The molecule has 1 aliphatic heterocycles. The van der Waals surface area contributed by atoms with E-state index in [1.165, 1.54) is 4.31 Å². The largest absolute Gasteiger partial charge is 0.325 e. The number of sulfonamides is 1. The Labute approximate surface area is 142 Å². The van der Waals surface area contributed by atoms with Crippen LogP contribution >= 0.6 is 0 Å². The summed E-state index contributed by atoms with van der Waals surface area (Å²) in [5, 5.41) is 2.80. The average molecular weight is 344 g/mol. The fourth-order valence-corrected chi connectivity index (χ4v) is 4.54. The number of amides is 1. The topological polar surface area (TPSA) is 66.5 Å². The summed E-state index contributed by atoms with van der Waals surface area (Å²) in [6, 6.07) is 15.1. The standard InChI is InChI=1S/C18H20N2O3S/c1-14-9-11-16(12-10-14)24(22,23)20-13-5-8-17(20)18(21)19-15-6-3-2-4-7-15/h2-4,6-7,9-12,17H,5,8,13H2,1H3,(H,19,21). The number of carbonyl (C=O) groups excluding carboxylic acids is 1. The van der Waals surface area contributed by atoms with E-state index >= 15 is 0 Å². The van der Waals surface area contributed by atoms with E-state index in [1.54, 1.807) is 36.4 Å². The van der Waals surface area contributed by atoms with Crippen LogP contribution in [0.25, 0.3) is 0 Å².